The third kappa shape index (κ3) is 3.77. The summed E-state index contributed by atoms with van der Waals surface area (Å²) in [5.41, 5.74) is 0. The molecule has 0 aromatic carbocycles. The Labute approximate surface area is 145 Å². The Kier molecular flexibility index (Phi) is 5.50. The number of amides is 3. The standard InChI is InChI=1S/C17H23N3O3S/c21-15(19-8-3-4-9-19)12-18-16(22)13-6-1-2-10-20(13)17(23)14-7-5-11-24-14/h5,7,11,13H,1-4,6,8-10,12H2,(H,18,22). The van der Waals surface area contributed by atoms with Crippen molar-refractivity contribution in [1.29, 1.82) is 0 Å². The largest absolute Gasteiger partial charge is 0.345 e. The Morgan fingerprint density at radius 2 is 1.88 bits per heavy atom. The fraction of sp³-hybridized carbons (Fsp3) is 0.588. The van der Waals surface area contributed by atoms with Crippen LogP contribution in [0.5, 0.6) is 0 Å². The molecule has 7 heteroatoms. The van der Waals surface area contributed by atoms with E-state index in [1.807, 2.05) is 11.4 Å². The Balaban J connectivity index is 1.59. The number of hydrogen-bond donors (Lipinski definition) is 1. The maximum absolute atomic E-state index is 12.6. The summed E-state index contributed by atoms with van der Waals surface area (Å²) in [5, 5.41) is 4.60. The zero-order valence-electron chi connectivity index (χ0n) is 13.7. The van der Waals surface area contributed by atoms with E-state index in [4.69, 9.17) is 0 Å². The second-order valence-corrected chi connectivity index (χ2v) is 7.24. The molecule has 3 rings (SSSR count). The lowest BCUT2D eigenvalue weighted by Gasteiger charge is -2.34. The minimum absolute atomic E-state index is 0.0242. The average molecular weight is 349 g/mol. The third-order valence-electron chi connectivity index (χ3n) is 4.67. The number of nitrogens with one attached hydrogen (secondary N) is 1. The lowest BCUT2D eigenvalue weighted by molar-refractivity contribution is -0.133. The van der Waals surface area contributed by atoms with Crippen LogP contribution in [0, 0.1) is 0 Å². The van der Waals surface area contributed by atoms with E-state index in [1.165, 1.54) is 11.3 Å². The van der Waals surface area contributed by atoms with Crippen LogP contribution in [0.1, 0.15) is 41.8 Å². The number of hydrogen-bond acceptors (Lipinski definition) is 4. The van der Waals surface area contributed by atoms with Crippen molar-refractivity contribution in [3.63, 3.8) is 0 Å². The summed E-state index contributed by atoms with van der Waals surface area (Å²) in [7, 11) is 0. The van der Waals surface area contributed by atoms with Gasteiger partial charge in [-0.25, -0.2) is 0 Å². The molecule has 0 bridgehead atoms. The number of carbonyl (C=O) groups is 3. The molecule has 1 N–H and O–H groups in total. The van der Waals surface area contributed by atoms with Crippen molar-refractivity contribution >= 4 is 29.1 Å². The zero-order valence-corrected chi connectivity index (χ0v) is 14.5. The molecule has 0 spiro atoms. The summed E-state index contributed by atoms with van der Waals surface area (Å²) >= 11 is 1.39. The summed E-state index contributed by atoms with van der Waals surface area (Å²) in [6.07, 6.45) is 4.55. The number of carbonyl (C=O) groups excluding carboxylic acids is 3. The lowest BCUT2D eigenvalue weighted by Crippen LogP contribution is -2.53. The van der Waals surface area contributed by atoms with Crippen LogP contribution in [0.25, 0.3) is 0 Å². The maximum atomic E-state index is 12.6. The maximum Gasteiger partial charge on any atom is 0.264 e. The van der Waals surface area contributed by atoms with Gasteiger partial charge in [-0.15, -0.1) is 11.3 Å². The van der Waals surface area contributed by atoms with Crippen LogP contribution in [0.15, 0.2) is 17.5 Å². The van der Waals surface area contributed by atoms with Gasteiger partial charge in [-0.2, -0.15) is 0 Å². The van der Waals surface area contributed by atoms with Crippen molar-refractivity contribution in [1.82, 2.24) is 15.1 Å². The Hall–Kier alpha value is -1.89. The minimum Gasteiger partial charge on any atom is -0.345 e. The fourth-order valence-corrected chi connectivity index (χ4v) is 4.03. The van der Waals surface area contributed by atoms with Crippen LogP contribution in [-0.2, 0) is 9.59 Å². The van der Waals surface area contributed by atoms with Crippen LogP contribution in [0.4, 0.5) is 0 Å². The topological polar surface area (TPSA) is 69.7 Å². The Bertz CT molecular complexity index is 596. The number of thiophene rings is 1. The molecule has 2 fully saturated rings. The van der Waals surface area contributed by atoms with Crippen LogP contribution < -0.4 is 5.32 Å². The van der Waals surface area contributed by atoms with E-state index >= 15 is 0 Å². The van der Waals surface area contributed by atoms with Crippen LogP contribution in [-0.4, -0.2) is 59.7 Å². The molecule has 2 saturated heterocycles. The van der Waals surface area contributed by atoms with Crippen LogP contribution >= 0.6 is 11.3 Å². The monoisotopic (exact) mass is 349 g/mol. The molecule has 1 unspecified atom stereocenters. The average Bonchev–Trinajstić information content (AvgIpc) is 3.32. The van der Waals surface area contributed by atoms with Crippen molar-refractivity contribution in [2.24, 2.45) is 0 Å². The lowest BCUT2D eigenvalue weighted by atomic mass is 10.0. The summed E-state index contributed by atoms with van der Waals surface area (Å²) < 4.78 is 0. The van der Waals surface area contributed by atoms with Gasteiger partial charge >= 0.3 is 0 Å². The highest BCUT2D eigenvalue weighted by Gasteiger charge is 2.33. The highest BCUT2D eigenvalue weighted by molar-refractivity contribution is 7.12. The molecule has 1 aromatic heterocycles. The predicted octanol–water partition coefficient (Wildman–Crippen LogP) is 1.48. The SMILES string of the molecule is O=C(NCC(=O)N1CCCC1)C1CCCCN1C(=O)c1cccs1. The van der Waals surface area contributed by atoms with E-state index in [-0.39, 0.29) is 24.3 Å². The molecule has 1 atom stereocenters. The number of piperidine rings is 1. The van der Waals surface area contributed by atoms with Crippen molar-refractivity contribution in [2.45, 2.75) is 38.1 Å². The van der Waals surface area contributed by atoms with Crippen molar-refractivity contribution in [2.75, 3.05) is 26.2 Å². The van der Waals surface area contributed by atoms with Crippen LogP contribution in [0.3, 0.4) is 0 Å². The molecule has 0 radical (unpaired) electrons. The highest BCUT2D eigenvalue weighted by atomic mass is 32.1. The molecule has 6 nitrogen and oxygen atoms in total. The summed E-state index contributed by atoms with van der Waals surface area (Å²) in [4.78, 5) is 41.3. The van der Waals surface area contributed by atoms with Crippen molar-refractivity contribution < 1.29 is 14.4 Å². The summed E-state index contributed by atoms with van der Waals surface area (Å²) in [5.74, 6) is -0.337. The van der Waals surface area contributed by atoms with E-state index in [0.29, 0.717) is 17.8 Å². The Morgan fingerprint density at radius 1 is 1.12 bits per heavy atom. The Morgan fingerprint density at radius 3 is 2.58 bits per heavy atom. The molecular weight excluding hydrogens is 326 g/mol. The van der Waals surface area contributed by atoms with Gasteiger partial charge in [0.05, 0.1) is 11.4 Å². The van der Waals surface area contributed by atoms with Gasteiger partial charge in [-0.05, 0) is 43.6 Å². The van der Waals surface area contributed by atoms with Gasteiger partial charge in [0, 0.05) is 19.6 Å². The number of rotatable bonds is 4. The van der Waals surface area contributed by atoms with Crippen LogP contribution in [0.2, 0.25) is 0 Å². The van der Waals surface area contributed by atoms with E-state index in [0.717, 1.165) is 38.8 Å². The van der Waals surface area contributed by atoms with Gasteiger partial charge in [0.15, 0.2) is 0 Å². The van der Waals surface area contributed by atoms with Crippen molar-refractivity contribution in [3.05, 3.63) is 22.4 Å². The van der Waals surface area contributed by atoms with Crippen molar-refractivity contribution in [3.8, 4) is 0 Å². The highest BCUT2D eigenvalue weighted by Crippen LogP contribution is 2.22. The number of likely N-dealkylation sites (tertiary alicyclic amines) is 2. The molecule has 2 aliphatic rings. The molecule has 3 heterocycles. The molecule has 3 amide bonds. The molecule has 0 aliphatic carbocycles. The first-order valence-electron chi connectivity index (χ1n) is 8.57. The van der Waals surface area contributed by atoms with E-state index in [1.54, 1.807) is 15.9 Å². The van der Waals surface area contributed by atoms with E-state index < -0.39 is 6.04 Å². The molecule has 2 aliphatic heterocycles. The predicted molar refractivity (Wildman–Crippen MR) is 91.8 cm³/mol. The first-order chi connectivity index (χ1) is 11.7. The summed E-state index contributed by atoms with van der Waals surface area (Å²) in [6.45, 7) is 2.17. The van der Waals surface area contributed by atoms with E-state index in [2.05, 4.69) is 5.32 Å². The third-order valence-corrected chi connectivity index (χ3v) is 5.53. The number of nitrogens with zero attached hydrogens (tertiary/aromatic N) is 2. The van der Waals surface area contributed by atoms with Gasteiger partial charge in [0.1, 0.15) is 6.04 Å². The normalized spacial score (nSPS) is 20.9. The second-order valence-electron chi connectivity index (χ2n) is 6.29. The molecular formula is C17H23N3O3S. The van der Waals surface area contributed by atoms with E-state index in [9.17, 15) is 14.4 Å². The first kappa shape index (κ1) is 17.0. The van der Waals surface area contributed by atoms with Gasteiger partial charge in [0.2, 0.25) is 11.8 Å². The first-order valence-corrected chi connectivity index (χ1v) is 9.45. The minimum atomic E-state index is -0.472. The zero-order chi connectivity index (χ0) is 16.9. The van der Waals surface area contributed by atoms with Gasteiger partial charge in [0.25, 0.3) is 5.91 Å². The quantitative estimate of drug-likeness (QED) is 0.895. The van der Waals surface area contributed by atoms with Gasteiger partial charge < -0.3 is 15.1 Å². The molecule has 130 valence electrons. The second kappa shape index (κ2) is 7.79. The smallest absolute Gasteiger partial charge is 0.264 e. The molecule has 24 heavy (non-hydrogen) atoms. The van der Waals surface area contributed by atoms with Gasteiger partial charge in [-0.3, -0.25) is 14.4 Å². The fourth-order valence-electron chi connectivity index (χ4n) is 3.35. The summed E-state index contributed by atoms with van der Waals surface area (Å²) in [6, 6.07) is 3.15. The van der Waals surface area contributed by atoms with Gasteiger partial charge in [-0.1, -0.05) is 6.07 Å². The molecule has 1 aromatic rings. The molecule has 0 saturated carbocycles.